The molecule has 94 valence electrons. The summed E-state index contributed by atoms with van der Waals surface area (Å²) in [6.07, 6.45) is 2.11. The van der Waals surface area contributed by atoms with Crippen molar-refractivity contribution in [2.45, 2.75) is 51.6 Å². The lowest BCUT2D eigenvalue weighted by Gasteiger charge is -2.41. The van der Waals surface area contributed by atoms with Crippen LogP contribution in [0.25, 0.3) is 0 Å². The average molecular weight is 228 g/mol. The molecule has 1 unspecified atom stereocenters. The van der Waals surface area contributed by atoms with E-state index in [9.17, 15) is 4.79 Å². The molecule has 0 amide bonds. The molecular formula is C12H24N2O2. The molecule has 1 aliphatic rings. The minimum absolute atomic E-state index is 0.168. The van der Waals surface area contributed by atoms with Crippen LogP contribution < -0.4 is 5.32 Å². The molecule has 2 N–H and O–H groups in total. The van der Waals surface area contributed by atoms with E-state index in [1.165, 1.54) is 0 Å². The predicted octanol–water partition coefficient (Wildman–Crippen LogP) is 1.31. The van der Waals surface area contributed by atoms with Gasteiger partial charge in [0.2, 0.25) is 0 Å². The Morgan fingerprint density at radius 3 is 2.81 bits per heavy atom. The largest absolute Gasteiger partial charge is 0.481 e. The summed E-state index contributed by atoms with van der Waals surface area (Å²) < 4.78 is 0. The van der Waals surface area contributed by atoms with Gasteiger partial charge in [-0.05, 0) is 39.8 Å². The highest BCUT2D eigenvalue weighted by molar-refractivity contribution is 5.66. The Bertz CT molecular complexity index is 241. The zero-order chi connectivity index (χ0) is 12.2. The molecule has 0 saturated carbocycles. The number of rotatable bonds is 4. The van der Waals surface area contributed by atoms with E-state index in [0.29, 0.717) is 6.04 Å². The number of carboxylic acids is 1. The van der Waals surface area contributed by atoms with Gasteiger partial charge >= 0.3 is 5.97 Å². The molecule has 0 spiro atoms. The smallest absolute Gasteiger partial charge is 0.303 e. The van der Waals surface area contributed by atoms with E-state index in [2.05, 4.69) is 31.0 Å². The molecule has 0 aromatic rings. The first-order valence-corrected chi connectivity index (χ1v) is 6.16. The van der Waals surface area contributed by atoms with E-state index in [-0.39, 0.29) is 12.0 Å². The maximum Gasteiger partial charge on any atom is 0.303 e. The molecular weight excluding hydrogens is 204 g/mol. The average Bonchev–Trinajstić information content (AvgIpc) is 2.33. The number of aliphatic carboxylic acids is 1. The van der Waals surface area contributed by atoms with Crippen molar-refractivity contribution < 1.29 is 9.90 Å². The van der Waals surface area contributed by atoms with Gasteiger partial charge in [-0.2, -0.15) is 0 Å². The van der Waals surface area contributed by atoms with Gasteiger partial charge in [0.25, 0.3) is 0 Å². The highest BCUT2D eigenvalue weighted by Gasteiger charge is 2.33. The highest BCUT2D eigenvalue weighted by Crippen LogP contribution is 2.25. The minimum atomic E-state index is -0.696. The van der Waals surface area contributed by atoms with Crippen molar-refractivity contribution in [1.82, 2.24) is 10.2 Å². The van der Waals surface area contributed by atoms with Crippen LogP contribution in [0.3, 0.4) is 0 Å². The number of hydrogen-bond acceptors (Lipinski definition) is 3. The van der Waals surface area contributed by atoms with Crippen molar-refractivity contribution in [2.75, 3.05) is 19.6 Å². The van der Waals surface area contributed by atoms with Gasteiger partial charge < -0.3 is 10.4 Å². The second-order valence-corrected chi connectivity index (χ2v) is 5.14. The summed E-state index contributed by atoms with van der Waals surface area (Å²) in [5, 5.41) is 12.2. The van der Waals surface area contributed by atoms with Gasteiger partial charge in [0.1, 0.15) is 0 Å². The number of hydrogen-bond donors (Lipinski definition) is 2. The number of carbonyl (C=O) groups is 1. The van der Waals surface area contributed by atoms with Crippen LogP contribution in [0, 0.1) is 0 Å². The van der Waals surface area contributed by atoms with E-state index < -0.39 is 5.97 Å². The van der Waals surface area contributed by atoms with Crippen LogP contribution in [-0.2, 0) is 4.79 Å². The predicted molar refractivity (Wildman–Crippen MR) is 64.6 cm³/mol. The molecule has 0 bridgehead atoms. The quantitative estimate of drug-likeness (QED) is 0.762. The Hall–Kier alpha value is -0.610. The van der Waals surface area contributed by atoms with E-state index in [1.807, 2.05) is 0 Å². The second kappa shape index (κ2) is 5.64. The lowest BCUT2D eigenvalue weighted by molar-refractivity contribution is -0.137. The van der Waals surface area contributed by atoms with Crippen LogP contribution in [0.5, 0.6) is 0 Å². The van der Waals surface area contributed by atoms with Crippen molar-refractivity contribution in [3.05, 3.63) is 0 Å². The summed E-state index contributed by atoms with van der Waals surface area (Å²) in [5.41, 5.74) is 0.168. The normalized spacial score (nSPS) is 26.3. The Morgan fingerprint density at radius 1 is 1.56 bits per heavy atom. The maximum atomic E-state index is 10.6. The third-order valence-electron chi connectivity index (χ3n) is 3.54. The standard InChI is InChI=1S/C12H24N2O2/c1-4-14-10(5-6-11(15)16)9-13-8-7-12(14,2)3/h10,13H,4-9H2,1-3H3,(H,15,16). The van der Waals surface area contributed by atoms with Crippen molar-refractivity contribution in [2.24, 2.45) is 0 Å². The molecule has 0 aromatic carbocycles. The van der Waals surface area contributed by atoms with E-state index in [1.54, 1.807) is 0 Å². The van der Waals surface area contributed by atoms with Crippen molar-refractivity contribution >= 4 is 5.97 Å². The molecule has 0 aromatic heterocycles. The van der Waals surface area contributed by atoms with E-state index in [4.69, 9.17) is 5.11 Å². The fourth-order valence-corrected chi connectivity index (χ4v) is 2.65. The number of nitrogens with zero attached hydrogens (tertiary/aromatic N) is 1. The number of nitrogens with one attached hydrogen (secondary N) is 1. The summed E-state index contributed by atoms with van der Waals surface area (Å²) in [6.45, 7) is 9.56. The SMILES string of the molecule is CCN1C(CCC(=O)O)CNCCC1(C)C. The highest BCUT2D eigenvalue weighted by atomic mass is 16.4. The van der Waals surface area contributed by atoms with Gasteiger partial charge in [-0.25, -0.2) is 0 Å². The minimum Gasteiger partial charge on any atom is -0.481 e. The molecule has 1 rings (SSSR count). The molecule has 1 saturated heterocycles. The Labute approximate surface area is 98.0 Å². The molecule has 4 heteroatoms. The van der Waals surface area contributed by atoms with Gasteiger partial charge in [-0.15, -0.1) is 0 Å². The lowest BCUT2D eigenvalue weighted by Crippen LogP contribution is -2.50. The van der Waals surface area contributed by atoms with Crippen molar-refractivity contribution in [3.63, 3.8) is 0 Å². The molecule has 1 heterocycles. The molecule has 4 nitrogen and oxygen atoms in total. The van der Waals surface area contributed by atoms with Crippen molar-refractivity contribution in [3.8, 4) is 0 Å². The zero-order valence-electron chi connectivity index (χ0n) is 10.6. The van der Waals surface area contributed by atoms with E-state index >= 15 is 0 Å². The molecule has 1 atom stereocenters. The summed E-state index contributed by atoms with van der Waals surface area (Å²) in [4.78, 5) is 13.1. The van der Waals surface area contributed by atoms with Crippen molar-refractivity contribution in [1.29, 1.82) is 0 Å². The van der Waals surface area contributed by atoms with Gasteiger partial charge in [0.05, 0.1) is 0 Å². The van der Waals surface area contributed by atoms with Crippen LogP contribution in [0.15, 0.2) is 0 Å². The number of carboxylic acid groups (broad SMARTS) is 1. The molecule has 0 aliphatic carbocycles. The van der Waals surface area contributed by atoms with Crippen LogP contribution in [-0.4, -0.2) is 47.2 Å². The summed E-state index contributed by atoms with van der Waals surface area (Å²) in [7, 11) is 0. The van der Waals surface area contributed by atoms with E-state index in [0.717, 1.165) is 32.5 Å². The topological polar surface area (TPSA) is 52.6 Å². The Kier molecular flexibility index (Phi) is 4.74. The summed E-state index contributed by atoms with van der Waals surface area (Å²) in [6, 6.07) is 0.346. The fraction of sp³-hybridized carbons (Fsp3) is 0.917. The van der Waals surface area contributed by atoms with Crippen LogP contribution in [0.2, 0.25) is 0 Å². The number of likely N-dealkylation sites (N-methyl/N-ethyl adjacent to an activating group) is 1. The van der Waals surface area contributed by atoms with Gasteiger partial charge in [0, 0.05) is 24.5 Å². The van der Waals surface area contributed by atoms with Crippen LogP contribution >= 0.6 is 0 Å². The third kappa shape index (κ3) is 3.46. The maximum absolute atomic E-state index is 10.6. The first-order valence-electron chi connectivity index (χ1n) is 6.16. The molecule has 1 aliphatic heterocycles. The lowest BCUT2D eigenvalue weighted by atomic mass is 9.96. The summed E-state index contributed by atoms with van der Waals surface area (Å²) in [5.74, 6) is -0.696. The fourth-order valence-electron chi connectivity index (χ4n) is 2.65. The molecule has 0 radical (unpaired) electrons. The second-order valence-electron chi connectivity index (χ2n) is 5.14. The van der Waals surface area contributed by atoms with Gasteiger partial charge in [-0.3, -0.25) is 9.69 Å². The van der Waals surface area contributed by atoms with Crippen LogP contribution in [0.1, 0.15) is 40.0 Å². The summed E-state index contributed by atoms with van der Waals surface area (Å²) >= 11 is 0. The van der Waals surface area contributed by atoms with Crippen LogP contribution in [0.4, 0.5) is 0 Å². The Balaban J connectivity index is 2.67. The zero-order valence-corrected chi connectivity index (χ0v) is 10.6. The Morgan fingerprint density at radius 2 is 2.25 bits per heavy atom. The molecule has 1 fully saturated rings. The van der Waals surface area contributed by atoms with Gasteiger partial charge in [0.15, 0.2) is 0 Å². The monoisotopic (exact) mass is 228 g/mol. The third-order valence-corrected chi connectivity index (χ3v) is 3.54. The van der Waals surface area contributed by atoms with Gasteiger partial charge in [-0.1, -0.05) is 6.92 Å². The molecule has 16 heavy (non-hydrogen) atoms. The first-order chi connectivity index (χ1) is 7.47. The first kappa shape index (κ1) is 13.5.